The summed E-state index contributed by atoms with van der Waals surface area (Å²) in [6.07, 6.45) is 1.69. The van der Waals surface area contributed by atoms with Crippen molar-refractivity contribution in [3.05, 3.63) is 12.2 Å². The first-order valence-electron chi connectivity index (χ1n) is 7.00. The predicted octanol–water partition coefficient (Wildman–Crippen LogP) is -0.742. The lowest BCUT2D eigenvalue weighted by molar-refractivity contribution is -0.197. The van der Waals surface area contributed by atoms with Gasteiger partial charge in [0.25, 0.3) is 23.6 Å². The Balaban J connectivity index is 1.69. The van der Waals surface area contributed by atoms with Crippen molar-refractivity contribution < 1.29 is 33.6 Å². The zero-order valence-corrected chi connectivity index (χ0v) is 12.1. The number of rotatable bonds is 7. The summed E-state index contributed by atoms with van der Waals surface area (Å²) >= 11 is 0. The molecule has 0 aromatic rings. The minimum Gasteiger partial charge on any atom is -0.330 e. The molecule has 9 nitrogen and oxygen atoms in total. The number of ketones is 1. The Morgan fingerprint density at radius 2 is 1.48 bits per heavy atom. The largest absolute Gasteiger partial charge is 0.333 e. The lowest BCUT2D eigenvalue weighted by Gasteiger charge is -2.13. The summed E-state index contributed by atoms with van der Waals surface area (Å²) in [5.74, 6) is -3.34. The first-order chi connectivity index (χ1) is 10.9. The zero-order chi connectivity index (χ0) is 17.0. The Morgan fingerprint density at radius 1 is 0.913 bits per heavy atom. The Labute approximate surface area is 130 Å². The molecule has 0 bridgehead atoms. The topological polar surface area (TPSA) is 118 Å². The van der Waals surface area contributed by atoms with Gasteiger partial charge in [-0.15, -0.1) is 5.06 Å². The van der Waals surface area contributed by atoms with Crippen molar-refractivity contribution in [2.75, 3.05) is 6.54 Å². The molecule has 122 valence electrons. The fraction of sp³-hybridized carbons (Fsp3) is 0.429. The van der Waals surface area contributed by atoms with E-state index in [1.807, 2.05) is 0 Å². The van der Waals surface area contributed by atoms with Gasteiger partial charge in [0, 0.05) is 44.4 Å². The van der Waals surface area contributed by atoms with Gasteiger partial charge in [-0.2, -0.15) is 0 Å². The van der Waals surface area contributed by atoms with E-state index >= 15 is 0 Å². The maximum Gasteiger partial charge on any atom is 0.333 e. The van der Waals surface area contributed by atoms with Crippen LogP contribution in [0.1, 0.15) is 32.1 Å². The molecule has 0 N–H and O–H groups in total. The lowest BCUT2D eigenvalue weighted by atomic mass is 10.1. The number of hydrogen-bond donors (Lipinski definition) is 0. The average molecular weight is 322 g/mol. The summed E-state index contributed by atoms with van der Waals surface area (Å²) in [4.78, 5) is 73.8. The summed E-state index contributed by atoms with van der Waals surface area (Å²) in [6.45, 7) is -0.0539. The molecule has 0 saturated carbocycles. The number of hydroxylamine groups is 2. The quantitative estimate of drug-likeness (QED) is 0.566. The van der Waals surface area contributed by atoms with Crippen molar-refractivity contribution >= 4 is 35.4 Å². The van der Waals surface area contributed by atoms with Gasteiger partial charge in [0.15, 0.2) is 0 Å². The number of Topliss-reactive ketones (excluding diaryl/α,β-unsaturated/α-hetero) is 1. The highest BCUT2D eigenvalue weighted by Crippen LogP contribution is 2.13. The van der Waals surface area contributed by atoms with Gasteiger partial charge in [0.2, 0.25) is 0 Å². The third-order valence-corrected chi connectivity index (χ3v) is 3.32. The molecule has 2 aliphatic heterocycles. The van der Waals surface area contributed by atoms with E-state index in [9.17, 15) is 28.8 Å². The number of nitrogens with zero attached hydrogens (tertiary/aromatic N) is 2. The van der Waals surface area contributed by atoms with Crippen LogP contribution in [0.15, 0.2) is 12.2 Å². The van der Waals surface area contributed by atoms with Gasteiger partial charge < -0.3 is 4.84 Å². The van der Waals surface area contributed by atoms with Crippen LogP contribution in [0.3, 0.4) is 0 Å². The number of hydrogen-bond acceptors (Lipinski definition) is 7. The standard InChI is InChI=1S/C14H14N2O7/c17-9(7-8-15-10(18)2-3-11(15)19)1-6-14(22)23-16-12(20)4-5-13(16)21/h2-3H,1,4-8H2. The van der Waals surface area contributed by atoms with E-state index in [0.29, 0.717) is 5.06 Å². The summed E-state index contributed by atoms with van der Waals surface area (Å²) in [5, 5.41) is 0.417. The van der Waals surface area contributed by atoms with Crippen molar-refractivity contribution in [3.63, 3.8) is 0 Å². The summed E-state index contributed by atoms with van der Waals surface area (Å²) in [6, 6.07) is 0. The summed E-state index contributed by atoms with van der Waals surface area (Å²) in [7, 11) is 0. The Bertz CT molecular complexity index is 589. The Kier molecular flexibility index (Phi) is 4.99. The Morgan fingerprint density at radius 3 is 2.04 bits per heavy atom. The average Bonchev–Trinajstić information content (AvgIpc) is 2.99. The maximum atomic E-state index is 11.7. The smallest absolute Gasteiger partial charge is 0.330 e. The number of carbonyl (C=O) groups excluding carboxylic acids is 6. The fourth-order valence-electron chi connectivity index (χ4n) is 2.06. The van der Waals surface area contributed by atoms with Crippen LogP contribution in [0.2, 0.25) is 0 Å². The van der Waals surface area contributed by atoms with Gasteiger partial charge in [-0.1, -0.05) is 0 Å². The van der Waals surface area contributed by atoms with E-state index in [2.05, 4.69) is 4.84 Å². The molecule has 2 rings (SSSR count). The van der Waals surface area contributed by atoms with Crippen molar-refractivity contribution in [1.29, 1.82) is 0 Å². The Hall–Kier alpha value is -2.84. The minimum atomic E-state index is -0.864. The van der Waals surface area contributed by atoms with Gasteiger partial charge >= 0.3 is 5.97 Å². The lowest BCUT2D eigenvalue weighted by Crippen LogP contribution is -2.33. The summed E-state index contributed by atoms with van der Waals surface area (Å²) < 4.78 is 0. The molecule has 1 saturated heterocycles. The van der Waals surface area contributed by atoms with Crippen molar-refractivity contribution in [2.45, 2.75) is 32.1 Å². The van der Waals surface area contributed by atoms with Gasteiger partial charge in [-0.3, -0.25) is 28.9 Å². The molecule has 2 heterocycles. The van der Waals surface area contributed by atoms with Crippen LogP contribution in [0.4, 0.5) is 0 Å². The van der Waals surface area contributed by atoms with Crippen LogP contribution in [0, 0.1) is 0 Å². The van der Waals surface area contributed by atoms with E-state index in [-0.39, 0.29) is 44.4 Å². The number of imide groups is 2. The van der Waals surface area contributed by atoms with Crippen LogP contribution in [-0.2, 0) is 33.6 Å². The molecule has 2 aliphatic rings. The maximum absolute atomic E-state index is 11.7. The van der Waals surface area contributed by atoms with Crippen molar-refractivity contribution in [1.82, 2.24) is 9.96 Å². The van der Waals surface area contributed by atoms with Gasteiger partial charge in [-0.05, 0) is 0 Å². The monoisotopic (exact) mass is 322 g/mol. The van der Waals surface area contributed by atoms with Crippen LogP contribution in [0.5, 0.6) is 0 Å². The van der Waals surface area contributed by atoms with E-state index in [0.717, 1.165) is 17.1 Å². The van der Waals surface area contributed by atoms with Crippen LogP contribution >= 0.6 is 0 Å². The molecule has 0 spiro atoms. The van der Waals surface area contributed by atoms with E-state index < -0.39 is 29.6 Å². The molecular weight excluding hydrogens is 308 g/mol. The van der Waals surface area contributed by atoms with Crippen molar-refractivity contribution in [3.8, 4) is 0 Å². The molecule has 0 aromatic carbocycles. The molecular formula is C14H14N2O7. The van der Waals surface area contributed by atoms with Gasteiger partial charge in [0.1, 0.15) is 5.78 Å². The molecule has 0 radical (unpaired) electrons. The third kappa shape index (κ3) is 4.09. The van der Waals surface area contributed by atoms with Crippen LogP contribution in [-0.4, -0.2) is 51.9 Å². The molecule has 4 amide bonds. The molecule has 0 aromatic heterocycles. The number of carbonyl (C=O) groups is 6. The number of amides is 4. The SMILES string of the molecule is O=C(CCC(=O)ON1C(=O)CCC1=O)CCN1C(=O)C=CC1=O. The molecule has 1 fully saturated rings. The van der Waals surface area contributed by atoms with Crippen LogP contribution < -0.4 is 0 Å². The molecule has 23 heavy (non-hydrogen) atoms. The fourth-order valence-corrected chi connectivity index (χ4v) is 2.06. The predicted molar refractivity (Wildman–Crippen MR) is 71.9 cm³/mol. The second-order valence-electron chi connectivity index (χ2n) is 5.00. The third-order valence-electron chi connectivity index (χ3n) is 3.32. The highest BCUT2D eigenvalue weighted by atomic mass is 16.7. The first-order valence-corrected chi connectivity index (χ1v) is 7.00. The van der Waals surface area contributed by atoms with E-state index in [4.69, 9.17) is 0 Å². The normalized spacial score (nSPS) is 17.4. The first kappa shape index (κ1) is 16.5. The van der Waals surface area contributed by atoms with Gasteiger partial charge in [0.05, 0.1) is 6.42 Å². The zero-order valence-electron chi connectivity index (χ0n) is 12.1. The minimum absolute atomic E-state index is 0.00300. The van der Waals surface area contributed by atoms with E-state index in [1.54, 1.807) is 0 Å². The molecule has 0 aliphatic carbocycles. The van der Waals surface area contributed by atoms with E-state index in [1.165, 1.54) is 0 Å². The van der Waals surface area contributed by atoms with Gasteiger partial charge in [-0.25, -0.2) is 4.79 Å². The second kappa shape index (κ2) is 6.95. The second-order valence-corrected chi connectivity index (χ2v) is 5.00. The van der Waals surface area contributed by atoms with Crippen LogP contribution in [0.25, 0.3) is 0 Å². The highest BCUT2D eigenvalue weighted by Gasteiger charge is 2.32. The van der Waals surface area contributed by atoms with Crippen molar-refractivity contribution in [2.24, 2.45) is 0 Å². The highest BCUT2D eigenvalue weighted by molar-refractivity contribution is 6.13. The molecule has 0 atom stereocenters. The molecule has 0 unspecified atom stereocenters. The molecule has 9 heteroatoms. The summed E-state index contributed by atoms with van der Waals surface area (Å²) in [5.41, 5.74) is 0.